The number of nitrogen functional groups attached to an aromatic ring is 1. The smallest absolute Gasteiger partial charge is 0.0821 e. The van der Waals surface area contributed by atoms with Crippen LogP contribution in [0.1, 0.15) is 31.4 Å². The number of rotatable bonds is 3. The van der Waals surface area contributed by atoms with Gasteiger partial charge in [-0.3, -0.25) is 4.98 Å². The van der Waals surface area contributed by atoms with Gasteiger partial charge in [-0.2, -0.15) is 0 Å². The lowest BCUT2D eigenvalue weighted by atomic mass is 10.0. The molecule has 112 valence electrons. The van der Waals surface area contributed by atoms with E-state index in [-0.39, 0.29) is 0 Å². The van der Waals surface area contributed by atoms with Gasteiger partial charge in [0.25, 0.3) is 0 Å². The number of anilines is 2. The molecule has 0 aliphatic heterocycles. The van der Waals surface area contributed by atoms with E-state index in [0.29, 0.717) is 6.54 Å². The topological polar surface area (TPSA) is 62.4 Å². The number of fused-ring (bicyclic) bond motifs is 1. The molecule has 0 atom stereocenters. The monoisotopic (exact) mass is 285 g/mol. The zero-order valence-electron chi connectivity index (χ0n) is 12.8. The van der Waals surface area contributed by atoms with Gasteiger partial charge in [0, 0.05) is 36.0 Å². The van der Waals surface area contributed by atoms with Gasteiger partial charge in [0.15, 0.2) is 0 Å². The van der Waals surface area contributed by atoms with Crippen LogP contribution in [0.15, 0.2) is 24.3 Å². The van der Waals surface area contributed by atoms with Crippen LogP contribution in [0.4, 0.5) is 11.4 Å². The summed E-state index contributed by atoms with van der Waals surface area (Å²) < 4.78 is 0. The number of hydrogen-bond donors (Lipinski definition) is 2. The highest BCUT2D eigenvalue weighted by Crippen LogP contribution is 2.33. The largest absolute Gasteiger partial charge is 0.399 e. The highest BCUT2D eigenvalue weighted by molar-refractivity contribution is 5.94. The van der Waals surface area contributed by atoms with E-state index < -0.39 is 5.60 Å². The van der Waals surface area contributed by atoms with Crippen molar-refractivity contribution in [1.29, 1.82) is 0 Å². The van der Waals surface area contributed by atoms with Gasteiger partial charge in [-0.25, -0.2) is 0 Å². The predicted molar refractivity (Wildman–Crippen MR) is 87.6 cm³/mol. The van der Waals surface area contributed by atoms with Gasteiger partial charge in [-0.05, 0) is 44.0 Å². The third-order valence-corrected chi connectivity index (χ3v) is 4.42. The van der Waals surface area contributed by atoms with Crippen molar-refractivity contribution in [3.8, 4) is 0 Å². The maximum atomic E-state index is 10.6. The van der Waals surface area contributed by atoms with Crippen LogP contribution < -0.4 is 10.6 Å². The molecule has 4 nitrogen and oxygen atoms in total. The van der Waals surface area contributed by atoms with Gasteiger partial charge in [-0.1, -0.05) is 12.8 Å². The highest BCUT2D eigenvalue weighted by atomic mass is 16.3. The number of nitrogens with two attached hydrogens (primary N) is 1. The minimum absolute atomic E-state index is 0.557. The molecule has 0 bridgehead atoms. The third kappa shape index (κ3) is 2.81. The summed E-state index contributed by atoms with van der Waals surface area (Å²) in [6.07, 6.45) is 4.02. The number of benzene rings is 1. The lowest BCUT2D eigenvalue weighted by Crippen LogP contribution is -2.39. The van der Waals surface area contributed by atoms with Gasteiger partial charge in [0.2, 0.25) is 0 Å². The average Bonchev–Trinajstić information content (AvgIpc) is 2.84. The quantitative estimate of drug-likeness (QED) is 0.851. The lowest BCUT2D eigenvalue weighted by molar-refractivity contribution is 0.0560. The van der Waals surface area contributed by atoms with Crippen LogP contribution in [0.2, 0.25) is 0 Å². The summed E-state index contributed by atoms with van der Waals surface area (Å²) in [6.45, 7) is 2.65. The Kier molecular flexibility index (Phi) is 3.49. The molecule has 1 aliphatic carbocycles. The molecular weight excluding hydrogens is 262 g/mol. The first-order chi connectivity index (χ1) is 9.97. The molecule has 21 heavy (non-hydrogen) atoms. The molecule has 1 aliphatic rings. The highest BCUT2D eigenvalue weighted by Gasteiger charge is 2.32. The van der Waals surface area contributed by atoms with E-state index >= 15 is 0 Å². The van der Waals surface area contributed by atoms with Crippen LogP contribution in [0.3, 0.4) is 0 Å². The Morgan fingerprint density at radius 2 is 2.00 bits per heavy atom. The van der Waals surface area contributed by atoms with Crippen molar-refractivity contribution in [2.45, 2.75) is 38.2 Å². The van der Waals surface area contributed by atoms with Gasteiger partial charge in [-0.15, -0.1) is 0 Å². The van der Waals surface area contributed by atoms with Gasteiger partial charge < -0.3 is 15.7 Å². The second-order valence-electron chi connectivity index (χ2n) is 6.35. The molecule has 1 aromatic carbocycles. The second kappa shape index (κ2) is 5.19. The van der Waals surface area contributed by atoms with Crippen LogP contribution in [0, 0.1) is 6.92 Å². The Balaban J connectivity index is 2.00. The average molecular weight is 285 g/mol. The number of aliphatic hydroxyl groups is 1. The van der Waals surface area contributed by atoms with Crippen molar-refractivity contribution in [3.05, 3.63) is 30.0 Å². The molecule has 4 heteroatoms. The summed E-state index contributed by atoms with van der Waals surface area (Å²) in [5.74, 6) is 0. The third-order valence-electron chi connectivity index (χ3n) is 4.42. The Morgan fingerprint density at radius 3 is 2.71 bits per heavy atom. The molecule has 0 amide bonds. The summed E-state index contributed by atoms with van der Waals surface area (Å²) >= 11 is 0. The number of likely N-dealkylation sites (N-methyl/N-ethyl adjacent to an activating group) is 1. The van der Waals surface area contributed by atoms with E-state index in [4.69, 9.17) is 5.73 Å². The molecule has 0 saturated heterocycles. The molecule has 3 rings (SSSR count). The van der Waals surface area contributed by atoms with E-state index in [1.807, 2.05) is 32.2 Å². The zero-order chi connectivity index (χ0) is 15.0. The van der Waals surface area contributed by atoms with E-state index in [1.54, 1.807) is 0 Å². The Labute approximate surface area is 125 Å². The van der Waals surface area contributed by atoms with E-state index in [1.165, 1.54) is 0 Å². The van der Waals surface area contributed by atoms with Gasteiger partial charge in [0.1, 0.15) is 0 Å². The summed E-state index contributed by atoms with van der Waals surface area (Å²) in [6, 6.07) is 7.87. The first kappa shape index (κ1) is 14.1. The van der Waals surface area contributed by atoms with Crippen molar-refractivity contribution < 1.29 is 5.11 Å². The van der Waals surface area contributed by atoms with Crippen LogP contribution in [-0.2, 0) is 0 Å². The van der Waals surface area contributed by atoms with E-state index in [9.17, 15) is 5.11 Å². The van der Waals surface area contributed by atoms with Crippen molar-refractivity contribution in [1.82, 2.24) is 4.98 Å². The summed E-state index contributed by atoms with van der Waals surface area (Å²) in [5.41, 5.74) is 9.12. The minimum atomic E-state index is -0.557. The summed E-state index contributed by atoms with van der Waals surface area (Å²) in [7, 11) is 2.04. The van der Waals surface area contributed by atoms with E-state index in [2.05, 4.69) is 16.0 Å². The fourth-order valence-corrected chi connectivity index (χ4v) is 3.39. The van der Waals surface area contributed by atoms with Crippen molar-refractivity contribution in [3.63, 3.8) is 0 Å². The molecule has 0 radical (unpaired) electrons. The van der Waals surface area contributed by atoms with Crippen molar-refractivity contribution in [2.75, 3.05) is 24.2 Å². The maximum absolute atomic E-state index is 10.6. The molecule has 1 aromatic heterocycles. The van der Waals surface area contributed by atoms with Gasteiger partial charge >= 0.3 is 0 Å². The number of hydrogen-bond acceptors (Lipinski definition) is 4. The Hall–Kier alpha value is -1.81. The Morgan fingerprint density at radius 1 is 1.29 bits per heavy atom. The zero-order valence-corrected chi connectivity index (χ0v) is 12.8. The van der Waals surface area contributed by atoms with Crippen LogP contribution in [-0.4, -0.2) is 29.3 Å². The van der Waals surface area contributed by atoms with Crippen LogP contribution >= 0.6 is 0 Å². The SMILES string of the molecule is Cc1cc(N(C)CC2(O)CCCC2)c2cc(N)ccc2n1. The maximum Gasteiger partial charge on any atom is 0.0821 e. The molecule has 1 saturated carbocycles. The first-order valence-corrected chi connectivity index (χ1v) is 7.57. The standard InChI is InChI=1S/C17H23N3O/c1-12-9-16(14-10-13(18)5-6-15(14)19-12)20(2)11-17(21)7-3-4-8-17/h5-6,9-10,21H,3-4,7-8,11,18H2,1-2H3. The molecule has 0 spiro atoms. The number of nitrogens with zero attached hydrogens (tertiary/aromatic N) is 2. The number of aromatic nitrogens is 1. The predicted octanol–water partition coefficient (Wildman–Crippen LogP) is 2.87. The van der Waals surface area contributed by atoms with Gasteiger partial charge in [0.05, 0.1) is 11.1 Å². The summed E-state index contributed by atoms with van der Waals surface area (Å²) in [4.78, 5) is 6.70. The molecular formula is C17H23N3O. The molecule has 2 aromatic rings. The van der Waals surface area contributed by atoms with Crippen molar-refractivity contribution >= 4 is 22.3 Å². The van der Waals surface area contributed by atoms with Crippen molar-refractivity contribution in [2.24, 2.45) is 0 Å². The fourth-order valence-electron chi connectivity index (χ4n) is 3.39. The van der Waals surface area contributed by atoms with E-state index in [0.717, 1.165) is 53.7 Å². The molecule has 3 N–H and O–H groups in total. The number of aryl methyl sites for hydroxylation is 1. The molecule has 1 fully saturated rings. The molecule has 1 heterocycles. The molecule has 0 unspecified atom stereocenters. The lowest BCUT2D eigenvalue weighted by Gasteiger charge is -2.31. The number of pyridine rings is 1. The normalized spacial score (nSPS) is 17.3. The fraction of sp³-hybridized carbons (Fsp3) is 0.471. The first-order valence-electron chi connectivity index (χ1n) is 7.57. The summed E-state index contributed by atoms with van der Waals surface area (Å²) in [5, 5.41) is 11.7. The Bertz CT molecular complexity index is 662. The van der Waals surface area contributed by atoms with Crippen LogP contribution in [0.25, 0.3) is 10.9 Å². The van der Waals surface area contributed by atoms with Crippen LogP contribution in [0.5, 0.6) is 0 Å². The second-order valence-corrected chi connectivity index (χ2v) is 6.35. The minimum Gasteiger partial charge on any atom is -0.399 e.